The summed E-state index contributed by atoms with van der Waals surface area (Å²) in [6.07, 6.45) is -1.05. The van der Waals surface area contributed by atoms with Gasteiger partial charge >= 0.3 is 31.4 Å². The molecule has 0 aromatic heterocycles. The lowest BCUT2D eigenvalue weighted by Gasteiger charge is -2.32. The summed E-state index contributed by atoms with van der Waals surface area (Å²) in [6.45, 7) is 19.2. The first kappa shape index (κ1) is 42.3. The fourth-order valence-electron chi connectivity index (χ4n) is 4.69. The summed E-state index contributed by atoms with van der Waals surface area (Å²) in [4.78, 5) is 58.5. The Balaban J connectivity index is 2.45. The predicted octanol–water partition coefficient (Wildman–Crippen LogP) is 6.22. The van der Waals surface area contributed by atoms with Gasteiger partial charge in [0, 0.05) is 7.05 Å². The number of guanidine groups is 1. The molecule has 280 valence electrons. The van der Waals surface area contributed by atoms with Crippen molar-refractivity contribution in [3.8, 4) is 0 Å². The van der Waals surface area contributed by atoms with E-state index in [1.54, 1.807) is 60.6 Å². The van der Waals surface area contributed by atoms with E-state index in [0.717, 1.165) is 10.5 Å². The first-order chi connectivity index (χ1) is 23.0. The molecule has 1 aliphatic rings. The average molecular weight is 705 g/mol. The van der Waals surface area contributed by atoms with Gasteiger partial charge in [0.05, 0.1) is 24.4 Å². The van der Waals surface area contributed by atoms with Crippen molar-refractivity contribution in [2.45, 2.75) is 136 Å². The van der Waals surface area contributed by atoms with Gasteiger partial charge in [-0.1, -0.05) is 43.2 Å². The number of carbonyl (C=O) groups is 4. The van der Waals surface area contributed by atoms with Crippen LogP contribution in [0.1, 0.15) is 101 Å². The molecule has 2 rings (SSSR count). The summed E-state index contributed by atoms with van der Waals surface area (Å²) >= 11 is 0. The van der Waals surface area contributed by atoms with Gasteiger partial charge in [-0.05, 0) is 94.5 Å². The molecule has 1 fully saturated rings. The molecule has 1 unspecified atom stereocenters. The van der Waals surface area contributed by atoms with Gasteiger partial charge in [0.2, 0.25) is 5.96 Å². The van der Waals surface area contributed by atoms with E-state index in [1.165, 1.54) is 7.05 Å². The van der Waals surface area contributed by atoms with Crippen molar-refractivity contribution in [3.05, 3.63) is 35.9 Å². The molecule has 1 aliphatic heterocycles. The normalized spacial score (nSPS) is 16.9. The van der Waals surface area contributed by atoms with Gasteiger partial charge in [-0.15, -0.1) is 0 Å². The number of benzene rings is 1. The molecule has 1 heterocycles. The van der Waals surface area contributed by atoms with Crippen LogP contribution in [0.5, 0.6) is 0 Å². The van der Waals surface area contributed by atoms with Crippen LogP contribution in [-0.2, 0) is 39.7 Å². The van der Waals surface area contributed by atoms with Crippen molar-refractivity contribution >= 4 is 37.3 Å². The third-order valence-electron chi connectivity index (χ3n) is 7.91. The third-order valence-corrected chi connectivity index (χ3v) is 7.91. The van der Waals surface area contributed by atoms with Gasteiger partial charge < -0.3 is 33.6 Å². The minimum absolute atomic E-state index is 0.0137. The zero-order valence-electron chi connectivity index (χ0n) is 31.9. The highest BCUT2D eigenvalue weighted by Crippen LogP contribution is 2.38. The number of unbranched alkanes of at least 4 members (excludes halogenated alkanes) is 1. The second-order valence-electron chi connectivity index (χ2n) is 15.2. The molecule has 0 spiro atoms. The van der Waals surface area contributed by atoms with Crippen molar-refractivity contribution < 1.29 is 47.4 Å². The Morgan fingerprint density at radius 2 is 1.44 bits per heavy atom. The molecule has 1 aromatic carbocycles. The van der Waals surface area contributed by atoms with Crippen LogP contribution in [0, 0.1) is 0 Å². The minimum Gasteiger partial charge on any atom is -0.464 e. The van der Waals surface area contributed by atoms with Gasteiger partial charge in [0.1, 0.15) is 17.8 Å². The first-order valence-electron chi connectivity index (χ1n) is 17.0. The maximum Gasteiger partial charge on any atom is 0.457 e. The molecule has 1 atom stereocenters. The summed E-state index contributed by atoms with van der Waals surface area (Å²) in [5.41, 5.74) is -3.75. The minimum atomic E-state index is -1.77. The van der Waals surface area contributed by atoms with Crippen molar-refractivity contribution in [1.29, 1.82) is 0 Å². The van der Waals surface area contributed by atoms with Crippen LogP contribution in [0.15, 0.2) is 35.3 Å². The third kappa shape index (κ3) is 13.5. The number of hydrogen-bond donors (Lipinski definition) is 2. The molecule has 15 heteroatoms. The molecule has 0 bridgehead atoms. The Morgan fingerprint density at radius 1 is 0.860 bits per heavy atom. The van der Waals surface area contributed by atoms with Crippen LogP contribution in [0.2, 0.25) is 6.32 Å². The van der Waals surface area contributed by atoms with Gasteiger partial charge in [0.15, 0.2) is 5.54 Å². The smallest absolute Gasteiger partial charge is 0.457 e. The highest BCUT2D eigenvalue weighted by atomic mass is 16.7. The number of carbonyl (C=O) groups excluding carboxylic acids is 4. The Kier molecular flexibility index (Phi) is 14.7. The molecular formula is C35H57BN4O10. The van der Waals surface area contributed by atoms with Gasteiger partial charge in [-0.3, -0.25) is 10.2 Å². The topological polar surface area (TPSA) is 163 Å². The number of ether oxygens (including phenoxy) is 4. The molecule has 14 nitrogen and oxygen atoms in total. The quantitative estimate of drug-likeness (QED) is 0.0637. The molecule has 1 aromatic rings. The molecule has 0 saturated carbocycles. The van der Waals surface area contributed by atoms with E-state index in [4.69, 9.17) is 28.3 Å². The zero-order valence-corrected chi connectivity index (χ0v) is 31.9. The zero-order chi connectivity index (χ0) is 38.0. The van der Waals surface area contributed by atoms with Crippen molar-refractivity contribution in [2.24, 2.45) is 4.99 Å². The van der Waals surface area contributed by atoms with Crippen LogP contribution in [0.25, 0.3) is 0 Å². The number of nitrogens with zero attached hydrogens (tertiary/aromatic N) is 2. The molecular weight excluding hydrogens is 647 g/mol. The Morgan fingerprint density at radius 3 is 1.98 bits per heavy atom. The number of amides is 3. The molecule has 0 aliphatic carbocycles. The van der Waals surface area contributed by atoms with E-state index in [-0.39, 0.29) is 25.6 Å². The lowest BCUT2D eigenvalue weighted by atomic mass is 9.80. The maximum absolute atomic E-state index is 13.8. The van der Waals surface area contributed by atoms with E-state index < -0.39 is 65.9 Å². The van der Waals surface area contributed by atoms with Crippen molar-refractivity contribution in [1.82, 2.24) is 15.5 Å². The monoisotopic (exact) mass is 704 g/mol. The summed E-state index contributed by atoms with van der Waals surface area (Å²) < 4.78 is 34.1. The molecule has 50 heavy (non-hydrogen) atoms. The average Bonchev–Trinajstić information content (AvgIpc) is 3.19. The van der Waals surface area contributed by atoms with Crippen LogP contribution in [0.4, 0.5) is 14.4 Å². The standard InChI is InChI=1S/C35H57BN4O10/c1-13-45-26(41)35(39-29(43)46-23-25-19-15-14-16-20-25,21-17-18-22-36-49-33(8,9)34(10,11)50-36)24-37-27(38-28(42)47-31(2,3)4)40(12)30(44)48-32(5,6)7/h14-16,19-20H,13,17-18,21-24H2,1-12H3,(H,39,43)(H,37,38,42). The fraction of sp³-hybridized carbons (Fsp3) is 0.686. The van der Waals surface area contributed by atoms with Gasteiger partial charge in [-0.25, -0.2) is 24.2 Å². The Bertz CT molecular complexity index is 1320. The van der Waals surface area contributed by atoms with E-state index in [0.29, 0.717) is 19.2 Å². The molecule has 0 radical (unpaired) electrons. The summed E-state index contributed by atoms with van der Waals surface area (Å²) in [5, 5.41) is 5.20. The molecule has 3 amide bonds. The van der Waals surface area contributed by atoms with Crippen LogP contribution in [0.3, 0.4) is 0 Å². The van der Waals surface area contributed by atoms with E-state index in [9.17, 15) is 19.2 Å². The predicted molar refractivity (Wildman–Crippen MR) is 190 cm³/mol. The number of rotatable bonds is 12. The Hall–Kier alpha value is -3.85. The highest BCUT2D eigenvalue weighted by Gasteiger charge is 2.50. The van der Waals surface area contributed by atoms with Crippen LogP contribution < -0.4 is 10.6 Å². The van der Waals surface area contributed by atoms with Crippen molar-refractivity contribution in [2.75, 3.05) is 20.2 Å². The van der Waals surface area contributed by atoms with E-state index >= 15 is 0 Å². The molecule has 2 N–H and O–H groups in total. The first-order valence-corrected chi connectivity index (χ1v) is 17.0. The van der Waals surface area contributed by atoms with Crippen molar-refractivity contribution in [3.63, 3.8) is 0 Å². The summed E-state index contributed by atoms with van der Waals surface area (Å²) in [5.74, 6) is -1.05. The van der Waals surface area contributed by atoms with E-state index in [1.807, 2.05) is 45.9 Å². The SMILES string of the molecule is CCOC(=O)C(CCCCB1OC(C)(C)C(C)(C)O1)(CN=C(NC(=O)OC(C)(C)C)N(C)C(=O)OC(C)(C)C)NC(=O)OCc1ccccc1. The summed E-state index contributed by atoms with van der Waals surface area (Å²) in [7, 11) is 0.897. The van der Waals surface area contributed by atoms with Crippen LogP contribution in [-0.4, -0.2) is 90.4 Å². The lowest BCUT2D eigenvalue weighted by molar-refractivity contribution is -0.151. The van der Waals surface area contributed by atoms with Crippen LogP contribution >= 0.6 is 0 Å². The van der Waals surface area contributed by atoms with Gasteiger partial charge in [-0.2, -0.15) is 0 Å². The van der Waals surface area contributed by atoms with E-state index in [2.05, 4.69) is 15.6 Å². The Labute approximate surface area is 297 Å². The number of aliphatic imine (C=N–C) groups is 1. The largest absolute Gasteiger partial charge is 0.464 e. The second-order valence-corrected chi connectivity index (χ2v) is 15.2. The number of hydrogen-bond acceptors (Lipinski definition) is 11. The number of alkyl carbamates (subject to hydrolysis) is 2. The second kappa shape index (κ2) is 17.4. The number of nitrogens with one attached hydrogen (secondary N) is 2. The fourth-order valence-corrected chi connectivity index (χ4v) is 4.69. The van der Waals surface area contributed by atoms with Gasteiger partial charge in [0.25, 0.3) is 0 Å². The summed E-state index contributed by atoms with van der Waals surface area (Å²) in [6, 6.07) is 9.07. The number of esters is 1. The maximum atomic E-state index is 13.8. The lowest BCUT2D eigenvalue weighted by Crippen LogP contribution is -2.58. The molecule has 1 saturated heterocycles. The highest BCUT2D eigenvalue weighted by molar-refractivity contribution is 6.45.